The van der Waals surface area contributed by atoms with E-state index in [1.807, 2.05) is 0 Å². The summed E-state index contributed by atoms with van der Waals surface area (Å²) >= 11 is 0. The Morgan fingerprint density at radius 2 is 1.08 bits per heavy atom. The molecule has 0 bridgehead atoms. The Morgan fingerprint density at radius 1 is 0.640 bits per heavy atom. The monoisotopic (exact) mass is 721 g/mol. The van der Waals surface area contributed by atoms with E-state index in [9.17, 15) is 45.4 Å². The van der Waals surface area contributed by atoms with E-state index in [-0.39, 0.29) is 33.0 Å². The first kappa shape index (κ1) is 41.5. The molecule has 0 radical (unpaired) electrons. The highest BCUT2D eigenvalue weighted by Gasteiger charge is 2.23. The van der Waals surface area contributed by atoms with E-state index in [0.29, 0.717) is 6.33 Å². The molecule has 2 aromatic carbocycles. The molecule has 0 unspecified atom stereocenters. The highest BCUT2D eigenvalue weighted by atomic mass is 19.2. The summed E-state index contributed by atoms with van der Waals surface area (Å²) in [6.07, 6.45) is 1.32. The summed E-state index contributed by atoms with van der Waals surface area (Å²) in [4.78, 5) is 44.0. The van der Waals surface area contributed by atoms with Crippen LogP contribution in [0.25, 0.3) is 0 Å². The van der Waals surface area contributed by atoms with E-state index in [0.717, 1.165) is 50.9 Å². The van der Waals surface area contributed by atoms with Crippen molar-refractivity contribution in [2.45, 2.75) is 0 Å². The number of ether oxygens (including phenoxy) is 3. The lowest BCUT2D eigenvalue weighted by Gasteiger charge is -2.11. The molecule has 1 N–H and O–H groups in total. The second-order valence-corrected chi connectivity index (χ2v) is 8.18. The number of aromatic nitrogens is 4. The van der Waals surface area contributed by atoms with E-state index >= 15 is 0 Å². The van der Waals surface area contributed by atoms with Crippen LogP contribution in [-0.4, -0.2) is 76.8 Å². The molecule has 0 saturated carbocycles. The van der Waals surface area contributed by atoms with Gasteiger partial charge in [-0.05, 0) is 24.3 Å². The molecule has 4 aromatic rings. The number of carbonyl (C=O) groups is 2. The molecule has 0 saturated heterocycles. The van der Waals surface area contributed by atoms with Crippen LogP contribution in [0, 0.1) is 41.1 Å². The number of nitrogens with zero attached hydrogens (tertiary/aromatic N) is 6. The van der Waals surface area contributed by atoms with Crippen molar-refractivity contribution in [1.29, 1.82) is 0 Å². The van der Waals surface area contributed by atoms with Gasteiger partial charge in [0, 0.05) is 12.1 Å². The van der Waals surface area contributed by atoms with Crippen molar-refractivity contribution in [3.05, 3.63) is 101 Å². The fourth-order valence-electron chi connectivity index (χ4n) is 3.09. The van der Waals surface area contributed by atoms with Gasteiger partial charge in [-0.3, -0.25) is 0 Å². The first-order chi connectivity index (χ1) is 23.3. The Labute approximate surface area is 275 Å². The van der Waals surface area contributed by atoms with E-state index < -0.39 is 64.7 Å². The van der Waals surface area contributed by atoms with Gasteiger partial charge in [-0.2, -0.15) is 26.9 Å². The van der Waals surface area contributed by atoms with E-state index in [1.54, 1.807) is 0 Å². The van der Waals surface area contributed by atoms with Crippen LogP contribution in [0.4, 0.5) is 30.7 Å². The van der Waals surface area contributed by atoms with Crippen molar-refractivity contribution in [2.24, 2.45) is 10.3 Å². The third kappa shape index (κ3) is 11.3. The van der Waals surface area contributed by atoms with Gasteiger partial charge < -0.3 is 33.7 Å². The Hall–Kier alpha value is -6.48. The molecule has 0 aliphatic rings. The van der Waals surface area contributed by atoms with Gasteiger partial charge in [0.25, 0.3) is 23.7 Å². The maximum absolute atomic E-state index is 13.6. The van der Waals surface area contributed by atoms with Gasteiger partial charge in [-0.15, -0.1) is 0 Å². The van der Waals surface area contributed by atoms with E-state index in [2.05, 4.69) is 49.4 Å². The molecule has 268 valence electrons. The second kappa shape index (κ2) is 20.0. The number of rotatable bonds is 8. The van der Waals surface area contributed by atoms with E-state index in [4.69, 9.17) is 4.74 Å². The highest BCUT2D eigenvalue weighted by Crippen LogP contribution is 2.28. The molecule has 22 heteroatoms. The minimum atomic E-state index is -1.64. The number of hydrogen-bond acceptors (Lipinski definition) is 14. The van der Waals surface area contributed by atoms with Crippen LogP contribution in [0.3, 0.4) is 0 Å². The number of benzene rings is 2. The minimum absolute atomic E-state index is 0. The summed E-state index contributed by atoms with van der Waals surface area (Å²) in [6, 6.07) is 6.14. The number of aromatic hydroxyl groups is 1. The predicted octanol–water partition coefficient (Wildman–Crippen LogP) is 1.16. The molecule has 0 spiro atoms. The SMILES string of the molecule is CON=C(C(=O)OC)c1ccc(F)cc1O.CON=C(C(=O)OC)c1ccc(F)cc1Oc1ncnc(F)c1F.Fc1ncnc(F)c1F.[F-]. The number of oxime groups is 2. The third-order valence-electron chi connectivity index (χ3n) is 5.16. The molecule has 0 aliphatic carbocycles. The molecule has 0 atom stereocenters. The van der Waals surface area contributed by atoms with Gasteiger partial charge in [0.15, 0.2) is 11.4 Å². The minimum Gasteiger partial charge on any atom is -1.00 e. The number of hydrogen-bond donors (Lipinski definition) is 1. The van der Waals surface area contributed by atoms with Crippen LogP contribution < -0.4 is 9.44 Å². The first-order valence-electron chi connectivity index (χ1n) is 12.6. The van der Waals surface area contributed by atoms with Crippen LogP contribution in [0.1, 0.15) is 11.1 Å². The molecule has 4 rings (SSSR count). The zero-order valence-electron chi connectivity index (χ0n) is 25.6. The van der Waals surface area contributed by atoms with Crippen LogP contribution in [0.15, 0.2) is 59.4 Å². The van der Waals surface area contributed by atoms with Crippen LogP contribution in [0.2, 0.25) is 0 Å². The average molecular weight is 721 g/mol. The fraction of sp³-hybridized carbons (Fsp3) is 0.143. The Bertz CT molecular complexity index is 1830. The predicted molar refractivity (Wildman–Crippen MR) is 150 cm³/mol. The fourth-order valence-corrected chi connectivity index (χ4v) is 3.09. The molecule has 14 nitrogen and oxygen atoms in total. The van der Waals surface area contributed by atoms with Gasteiger partial charge in [-0.1, -0.05) is 10.3 Å². The quantitative estimate of drug-likeness (QED) is 0.0905. The largest absolute Gasteiger partial charge is 1.00 e. The number of esters is 2. The zero-order chi connectivity index (χ0) is 36.7. The maximum atomic E-state index is 13.6. The van der Waals surface area contributed by atoms with Gasteiger partial charge in [-0.25, -0.2) is 33.3 Å². The van der Waals surface area contributed by atoms with Crippen molar-refractivity contribution in [1.82, 2.24) is 19.9 Å². The average Bonchev–Trinajstić information content (AvgIpc) is 3.07. The molecule has 2 aromatic heterocycles. The standard InChI is InChI=1S/C14H10F3N3O4.C10H10FNO4.C4HF3N2.FH/c1-22-14(21)11(20-23-2)8-4-3-7(15)5-9(8)24-13-10(16)12(17)18-6-19-13;1-15-10(14)9(12-16-2)7-4-3-6(11)5-8(7)13;5-2-3(6)8-1-9-4(2)7;/h3-6H,1-2H3;3-5,13H,1-2H3;1H;1H/p-1. The molecular formula is C28H21F8N6O8-. The van der Waals surface area contributed by atoms with Gasteiger partial charge >= 0.3 is 11.9 Å². The van der Waals surface area contributed by atoms with Crippen molar-refractivity contribution in [3.8, 4) is 17.4 Å². The Balaban J connectivity index is 0.000000413. The topological polar surface area (TPSA) is 177 Å². The van der Waals surface area contributed by atoms with Gasteiger partial charge in [0.2, 0.25) is 11.6 Å². The lowest BCUT2D eigenvalue weighted by atomic mass is 10.1. The third-order valence-corrected chi connectivity index (χ3v) is 5.16. The van der Waals surface area contributed by atoms with Crippen LogP contribution in [0.5, 0.6) is 17.4 Å². The lowest BCUT2D eigenvalue weighted by Crippen LogP contribution is -3.00. The normalized spacial score (nSPS) is 10.6. The van der Waals surface area contributed by atoms with Gasteiger partial charge in [0.1, 0.15) is 50.0 Å². The summed E-state index contributed by atoms with van der Waals surface area (Å²) in [5.41, 5.74) is -0.647. The summed E-state index contributed by atoms with van der Waals surface area (Å²) in [5, 5.41) is 16.3. The highest BCUT2D eigenvalue weighted by molar-refractivity contribution is 6.44. The smallest absolute Gasteiger partial charge is 0.360 e. The van der Waals surface area contributed by atoms with Crippen molar-refractivity contribution >= 4 is 23.4 Å². The maximum Gasteiger partial charge on any atom is 0.360 e. The Morgan fingerprint density at radius 3 is 1.54 bits per heavy atom. The molecule has 0 amide bonds. The van der Waals surface area contributed by atoms with Gasteiger partial charge in [0.05, 0.1) is 25.3 Å². The zero-order valence-corrected chi connectivity index (χ0v) is 25.6. The lowest BCUT2D eigenvalue weighted by molar-refractivity contribution is -0.133. The first-order valence-corrected chi connectivity index (χ1v) is 12.6. The number of phenolic OH excluding ortho intramolecular Hbond substituents is 1. The summed E-state index contributed by atoms with van der Waals surface area (Å²) in [6.45, 7) is 0. The summed E-state index contributed by atoms with van der Waals surface area (Å²) in [7, 11) is 4.67. The molecule has 50 heavy (non-hydrogen) atoms. The van der Waals surface area contributed by atoms with Crippen LogP contribution >= 0.6 is 0 Å². The summed E-state index contributed by atoms with van der Waals surface area (Å²) in [5.74, 6) is -12.2. The van der Waals surface area contributed by atoms with Crippen LogP contribution in [-0.2, 0) is 28.7 Å². The van der Waals surface area contributed by atoms with Crippen molar-refractivity contribution in [2.75, 3.05) is 28.4 Å². The molecule has 2 heterocycles. The van der Waals surface area contributed by atoms with E-state index in [1.165, 1.54) is 20.3 Å². The van der Waals surface area contributed by atoms with Crippen molar-refractivity contribution in [3.63, 3.8) is 0 Å². The Kier molecular flexibility index (Phi) is 16.6. The number of halogens is 8. The van der Waals surface area contributed by atoms with Crippen molar-refractivity contribution < 1.29 is 74.0 Å². The molecule has 0 fully saturated rings. The second-order valence-electron chi connectivity index (χ2n) is 8.18. The number of phenols is 1. The molecule has 0 aliphatic heterocycles. The number of carbonyl (C=O) groups excluding carboxylic acids is 2. The number of methoxy groups -OCH3 is 2. The summed E-state index contributed by atoms with van der Waals surface area (Å²) < 4.78 is 103. The molecular weight excluding hydrogens is 700 g/mol.